The highest BCUT2D eigenvalue weighted by Gasteiger charge is 2.01. The molecular weight excluding hydrogens is 304 g/mol. The van der Waals surface area contributed by atoms with E-state index in [4.69, 9.17) is 5.73 Å². The first kappa shape index (κ1) is 13.8. The van der Waals surface area contributed by atoms with Gasteiger partial charge in [0.05, 0.1) is 0 Å². The van der Waals surface area contributed by atoms with Crippen molar-refractivity contribution in [1.82, 2.24) is 5.32 Å². The van der Waals surface area contributed by atoms with Crippen LogP contribution in [0.4, 0.5) is 0 Å². The highest BCUT2D eigenvalue weighted by molar-refractivity contribution is 9.10. The number of hydrogen-bond acceptors (Lipinski definition) is 2. The fourth-order valence-corrected chi connectivity index (χ4v) is 2.28. The Labute approximate surface area is 121 Å². The van der Waals surface area contributed by atoms with E-state index in [0.717, 1.165) is 16.6 Å². The second-order valence-electron chi connectivity index (χ2n) is 4.30. The van der Waals surface area contributed by atoms with Gasteiger partial charge in [0.1, 0.15) is 0 Å². The first-order chi connectivity index (χ1) is 9.15. The van der Waals surface area contributed by atoms with E-state index in [1.165, 1.54) is 5.56 Å². The second kappa shape index (κ2) is 6.50. The molecule has 1 amide bonds. The van der Waals surface area contributed by atoms with E-state index in [2.05, 4.69) is 33.4 Å². The quantitative estimate of drug-likeness (QED) is 0.890. The zero-order valence-corrected chi connectivity index (χ0v) is 12.0. The first-order valence-electron chi connectivity index (χ1n) is 5.99. The van der Waals surface area contributed by atoms with Gasteiger partial charge in [-0.15, -0.1) is 0 Å². The van der Waals surface area contributed by atoms with Crippen molar-refractivity contribution in [3.8, 4) is 0 Å². The molecule has 0 unspecified atom stereocenters. The molecule has 3 N–H and O–H groups in total. The van der Waals surface area contributed by atoms with Crippen LogP contribution in [0.2, 0.25) is 0 Å². The van der Waals surface area contributed by atoms with Gasteiger partial charge in [-0.1, -0.05) is 40.2 Å². The highest BCUT2D eigenvalue weighted by Crippen LogP contribution is 2.11. The topological polar surface area (TPSA) is 55.1 Å². The maximum Gasteiger partial charge on any atom is 0.248 e. The van der Waals surface area contributed by atoms with Crippen LogP contribution in [-0.4, -0.2) is 5.91 Å². The number of nitrogens with two attached hydrogens (primary N) is 1. The molecule has 0 fully saturated rings. The summed E-state index contributed by atoms with van der Waals surface area (Å²) in [5, 5.41) is 3.34. The number of rotatable bonds is 5. The minimum Gasteiger partial charge on any atom is -0.366 e. The molecule has 2 rings (SSSR count). The fraction of sp³-hybridized carbons (Fsp3) is 0.133. The molecular formula is C15H15BrN2O. The van der Waals surface area contributed by atoms with Gasteiger partial charge in [0.2, 0.25) is 5.91 Å². The summed E-state index contributed by atoms with van der Waals surface area (Å²) in [6, 6.07) is 15.5. The number of halogens is 1. The van der Waals surface area contributed by atoms with Crippen LogP contribution < -0.4 is 11.1 Å². The number of nitrogens with one attached hydrogen (secondary N) is 1. The molecule has 0 aliphatic carbocycles. The summed E-state index contributed by atoms with van der Waals surface area (Å²) in [4.78, 5) is 11.1. The molecule has 0 saturated heterocycles. The van der Waals surface area contributed by atoms with Gasteiger partial charge in [0.25, 0.3) is 0 Å². The molecule has 0 aliphatic heterocycles. The van der Waals surface area contributed by atoms with E-state index in [1.54, 1.807) is 6.07 Å². The van der Waals surface area contributed by atoms with E-state index in [9.17, 15) is 4.79 Å². The highest BCUT2D eigenvalue weighted by atomic mass is 79.9. The molecule has 0 atom stereocenters. The lowest BCUT2D eigenvalue weighted by atomic mass is 10.1. The Morgan fingerprint density at radius 1 is 1.05 bits per heavy atom. The molecule has 0 bridgehead atoms. The van der Waals surface area contributed by atoms with Crippen molar-refractivity contribution < 1.29 is 4.79 Å². The first-order valence-corrected chi connectivity index (χ1v) is 6.78. The fourth-order valence-electron chi connectivity index (χ4n) is 1.83. The van der Waals surface area contributed by atoms with E-state index in [-0.39, 0.29) is 0 Å². The second-order valence-corrected chi connectivity index (χ2v) is 5.21. The number of carbonyl (C=O) groups is 1. The maximum absolute atomic E-state index is 11.1. The van der Waals surface area contributed by atoms with Gasteiger partial charge in [0, 0.05) is 23.1 Å². The van der Waals surface area contributed by atoms with Gasteiger partial charge in [0.15, 0.2) is 0 Å². The SMILES string of the molecule is NC(=O)c1cccc(CNCc2cccc(Br)c2)c1. The zero-order valence-electron chi connectivity index (χ0n) is 10.4. The van der Waals surface area contributed by atoms with Crippen LogP contribution in [0, 0.1) is 0 Å². The van der Waals surface area contributed by atoms with E-state index in [0.29, 0.717) is 12.1 Å². The molecule has 2 aromatic carbocycles. The number of benzene rings is 2. The third-order valence-electron chi connectivity index (χ3n) is 2.76. The zero-order chi connectivity index (χ0) is 13.7. The minimum absolute atomic E-state index is 0.395. The summed E-state index contributed by atoms with van der Waals surface area (Å²) in [6.45, 7) is 1.48. The maximum atomic E-state index is 11.1. The van der Waals surface area contributed by atoms with Gasteiger partial charge in [-0.2, -0.15) is 0 Å². The van der Waals surface area contributed by atoms with Crippen LogP contribution in [0.5, 0.6) is 0 Å². The molecule has 2 aromatic rings. The van der Waals surface area contributed by atoms with Gasteiger partial charge in [-0.05, 0) is 35.4 Å². The van der Waals surface area contributed by atoms with Crippen LogP contribution in [0.15, 0.2) is 53.0 Å². The summed E-state index contributed by atoms with van der Waals surface area (Å²) >= 11 is 3.45. The van der Waals surface area contributed by atoms with Crippen molar-refractivity contribution in [3.05, 3.63) is 69.7 Å². The molecule has 0 saturated carbocycles. The Morgan fingerprint density at radius 2 is 1.68 bits per heavy atom. The number of primary amides is 1. The molecule has 0 aromatic heterocycles. The van der Waals surface area contributed by atoms with Crippen LogP contribution in [0.25, 0.3) is 0 Å². The Balaban J connectivity index is 1.92. The molecule has 0 radical (unpaired) electrons. The predicted octanol–water partition coefficient (Wildman–Crippen LogP) is 2.84. The Kier molecular flexibility index (Phi) is 4.71. The lowest BCUT2D eigenvalue weighted by molar-refractivity contribution is 0.1000. The van der Waals surface area contributed by atoms with Crippen molar-refractivity contribution in [2.75, 3.05) is 0 Å². The standard InChI is InChI=1S/C15H15BrN2O/c16-14-6-2-4-12(8-14)10-18-9-11-3-1-5-13(7-11)15(17)19/h1-8,18H,9-10H2,(H2,17,19). The summed E-state index contributed by atoms with van der Waals surface area (Å²) < 4.78 is 1.07. The Bertz CT molecular complexity index is 584. The normalized spacial score (nSPS) is 10.4. The van der Waals surface area contributed by atoms with E-state index >= 15 is 0 Å². The van der Waals surface area contributed by atoms with Crippen molar-refractivity contribution in [2.45, 2.75) is 13.1 Å². The third-order valence-corrected chi connectivity index (χ3v) is 3.25. The number of amides is 1. The van der Waals surface area contributed by atoms with Crippen molar-refractivity contribution in [3.63, 3.8) is 0 Å². The molecule has 0 heterocycles. The summed E-state index contributed by atoms with van der Waals surface area (Å²) in [7, 11) is 0. The van der Waals surface area contributed by atoms with Gasteiger partial charge in [-0.25, -0.2) is 0 Å². The average molecular weight is 319 g/mol. The van der Waals surface area contributed by atoms with Crippen LogP contribution in [0.1, 0.15) is 21.5 Å². The van der Waals surface area contributed by atoms with E-state index < -0.39 is 5.91 Å². The molecule has 0 aliphatic rings. The molecule has 98 valence electrons. The van der Waals surface area contributed by atoms with Crippen molar-refractivity contribution >= 4 is 21.8 Å². The molecule has 4 heteroatoms. The average Bonchev–Trinajstić information content (AvgIpc) is 2.39. The Hall–Kier alpha value is -1.65. The lowest BCUT2D eigenvalue weighted by Gasteiger charge is -2.06. The number of hydrogen-bond donors (Lipinski definition) is 2. The molecule has 19 heavy (non-hydrogen) atoms. The molecule has 3 nitrogen and oxygen atoms in total. The lowest BCUT2D eigenvalue weighted by Crippen LogP contribution is -2.14. The summed E-state index contributed by atoms with van der Waals surface area (Å²) in [5.74, 6) is -0.395. The minimum atomic E-state index is -0.395. The summed E-state index contributed by atoms with van der Waals surface area (Å²) in [5.41, 5.74) is 8.05. The smallest absolute Gasteiger partial charge is 0.248 e. The monoisotopic (exact) mass is 318 g/mol. The van der Waals surface area contributed by atoms with Crippen molar-refractivity contribution in [1.29, 1.82) is 0 Å². The van der Waals surface area contributed by atoms with Crippen LogP contribution in [-0.2, 0) is 13.1 Å². The third kappa shape index (κ3) is 4.19. The van der Waals surface area contributed by atoms with Gasteiger partial charge >= 0.3 is 0 Å². The van der Waals surface area contributed by atoms with Gasteiger partial charge < -0.3 is 11.1 Å². The largest absolute Gasteiger partial charge is 0.366 e. The summed E-state index contributed by atoms with van der Waals surface area (Å²) in [6.07, 6.45) is 0. The predicted molar refractivity (Wildman–Crippen MR) is 79.6 cm³/mol. The Morgan fingerprint density at radius 3 is 2.32 bits per heavy atom. The molecule has 0 spiro atoms. The van der Waals surface area contributed by atoms with Gasteiger partial charge in [-0.3, -0.25) is 4.79 Å². The van der Waals surface area contributed by atoms with Crippen molar-refractivity contribution in [2.24, 2.45) is 5.73 Å². The number of carbonyl (C=O) groups excluding carboxylic acids is 1. The van der Waals surface area contributed by atoms with Crippen LogP contribution in [0.3, 0.4) is 0 Å². The van der Waals surface area contributed by atoms with E-state index in [1.807, 2.05) is 30.3 Å². The van der Waals surface area contributed by atoms with Crippen LogP contribution >= 0.6 is 15.9 Å².